The van der Waals surface area contributed by atoms with Crippen LogP contribution in [0.15, 0.2) is 43.1 Å². The summed E-state index contributed by atoms with van der Waals surface area (Å²) in [6.45, 7) is 0.988. The van der Waals surface area contributed by atoms with Crippen molar-refractivity contribution in [3.8, 4) is 0 Å². The summed E-state index contributed by atoms with van der Waals surface area (Å²) in [6.07, 6.45) is 9.23. The molecule has 4 heterocycles. The average molecular weight is 266 g/mol. The molecule has 0 aliphatic carbocycles. The maximum Gasteiger partial charge on any atom is 0.175 e. The number of fused-ring (bicyclic) bond motifs is 1. The third-order valence-corrected chi connectivity index (χ3v) is 3.75. The van der Waals surface area contributed by atoms with Gasteiger partial charge in [-0.05, 0) is 25.0 Å². The quantitative estimate of drug-likeness (QED) is 0.708. The van der Waals surface area contributed by atoms with Crippen LogP contribution in [0, 0.1) is 0 Å². The number of hydrogen-bond acceptors (Lipinski definition) is 5. The van der Waals surface area contributed by atoms with Crippen LogP contribution in [-0.2, 0) is 0 Å². The third-order valence-electron chi connectivity index (χ3n) is 3.75. The summed E-state index contributed by atoms with van der Waals surface area (Å²) in [5.74, 6) is 0.980. The lowest BCUT2D eigenvalue weighted by molar-refractivity contribution is 0.676. The first kappa shape index (κ1) is 11.3. The van der Waals surface area contributed by atoms with Crippen molar-refractivity contribution in [1.29, 1.82) is 0 Å². The lowest BCUT2D eigenvalue weighted by atomic mass is 10.1. The molecule has 0 saturated carbocycles. The van der Waals surface area contributed by atoms with Crippen LogP contribution < -0.4 is 4.90 Å². The maximum atomic E-state index is 4.50. The molecule has 1 unspecified atom stereocenters. The van der Waals surface area contributed by atoms with Crippen LogP contribution in [0.25, 0.3) is 5.65 Å². The molecule has 0 radical (unpaired) electrons. The van der Waals surface area contributed by atoms with Crippen molar-refractivity contribution in [2.24, 2.45) is 0 Å². The second-order valence-corrected chi connectivity index (χ2v) is 4.90. The van der Waals surface area contributed by atoms with E-state index >= 15 is 0 Å². The van der Waals surface area contributed by atoms with E-state index < -0.39 is 0 Å². The first-order valence-electron chi connectivity index (χ1n) is 6.75. The second kappa shape index (κ2) is 4.56. The van der Waals surface area contributed by atoms with E-state index in [4.69, 9.17) is 0 Å². The Morgan fingerprint density at radius 3 is 3.05 bits per heavy atom. The van der Waals surface area contributed by atoms with E-state index in [1.807, 2.05) is 29.0 Å². The van der Waals surface area contributed by atoms with E-state index in [0.717, 1.165) is 36.5 Å². The summed E-state index contributed by atoms with van der Waals surface area (Å²) in [5.41, 5.74) is 1.87. The largest absolute Gasteiger partial charge is 0.347 e. The minimum atomic E-state index is 0.285. The molecule has 3 aromatic heterocycles. The van der Waals surface area contributed by atoms with Crippen LogP contribution in [0.2, 0.25) is 0 Å². The predicted molar refractivity (Wildman–Crippen MR) is 74.3 cm³/mol. The zero-order valence-corrected chi connectivity index (χ0v) is 10.9. The van der Waals surface area contributed by atoms with Gasteiger partial charge in [0.05, 0.1) is 24.1 Å². The van der Waals surface area contributed by atoms with Gasteiger partial charge in [-0.3, -0.25) is 9.97 Å². The summed E-state index contributed by atoms with van der Waals surface area (Å²) >= 11 is 0. The van der Waals surface area contributed by atoms with Crippen LogP contribution in [0.4, 0.5) is 5.82 Å². The maximum absolute atomic E-state index is 4.50. The summed E-state index contributed by atoms with van der Waals surface area (Å²) in [4.78, 5) is 15.3. The van der Waals surface area contributed by atoms with Gasteiger partial charge in [-0.25, -0.2) is 4.98 Å². The molecular formula is C14H14N6. The molecule has 3 aromatic rings. The third kappa shape index (κ3) is 1.72. The highest BCUT2D eigenvalue weighted by molar-refractivity contribution is 5.49. The van der Waals surface area contributed by atoms with E-state index in [2.05, 4.69) is 31.0 Å². The Labute approximate surface area is 116 Å². The normalized spacial score (nSPS) is 18.8. The van der Waals surface area contributed by atoms with Gasteiger partial charge in [-0.1, -0.05) is 6.07 Å². The van der Waals surface area contributed by atoms with E-state index in [-0.39, 0.29) is 6.04 Å². The fourth-order valence-electron chi connectivity index (χ4n) is 2.86. The van der Waals surface area contributed by atoms with E-state index in [1.54, 1.807) is 12.5 Å². The van der Waals surface area contributed by atoms with Gasteiger partial charge >= 0.3 is 0 Å². The Morgan fingerprint density at radius 1 is 1.15 bits per heavy atom. The van der Waals surface area contributed by atoms with E-state index in [0.29, 0.717) is 0 Å². The first-order valence-corrected chi connectivity index (χ1v) is 6.75. The number of pyridine rings is 1. The molecular weight excluding hydrogens is 252 g/mol. The molecule has 20 heavy (non-hydrogen) atoms. The molecule has 1 aliphatic heterocycles. The number of hydrogen-bond donors (Lipinski definition) is 0. The molecule has 0 amide bonds. The zero-order valence-electron chi connectivity index (χ0n) is 10.9. The van der Waals surface area contributed by atoms with Crippen molar-refractivity contribution in [3.05, 3.63) is 48.8 Å². The lowest BCUT2D eigenvalue weighted by Crippen LogP contribution is -2.25. The Hall–Kier alpha value is -2.50. The Bertz CT molecular complexity index is 723. The van der Waals surface area contributed by atoms with Gasteiger partial charge in [-0.2, -0.15) is 9.61 Å². The molecule has 4 rings (SSSR count). The predicted octanol–water partition coefficient (Wildman–Crippen LogP) is 1.86. The molecule has 1 aliphatic rings. The summed E-state index contributed by atoms with van der Waals surface area (Å²) in [6, 6.07) is 6.35. The molecule has 0 bridgehead atoms. The second-order valence-electron chi connectivity index (χ2n) is 4.90. The van der Waals surface area contributed by atoms with E-state index in [1.165, 1.54) is 0 Å². The molecule has 0 aromatic carbocycles. The van der Waals surface area contributed by atoms with Gasteiger partial charge in [-0.15, -0.1) is 0 Å². The molecule has 0 N–H and O–H groups in total. The van der Waals surface area contributed by atoms with Crippen LogP contribution in [-0.4, -0.2) is 31.1 Å². The molecule has 1 saturated heterocycles. The van der Waals surface area contributed by atoms with Crippen molar-refractivity contribution in [3.63, 3.8) is 0 Å². The van der Waals surface area contributed by atoms with Gasteiger partial charge in [0.15, 0.2) is 11.5 Å². The van der Waals surface area contributed by atoms with Crippen LogP contribution in [0.5, 0.6) is 0 Å². The lowest BCUT2D eigenvalue weighted by Gasteiger charge is -2.25. The number of anilines is 1. The van der Waals surface area contributed by atoms with Gasteiger partial charge < -0.3 is 4.90 Å². The number of aromatic nitrogens is 5. The fourth-order valence-corrected chi connectivity index (χ4v) is 2.86. The Balaban J connectivity index is 1.79. The van der Waals surface area contributed by atoms with Gasteiger partial charge in [0.2, 0.25) is 0 Å². The first-order chi connectivity index (χ1) is 9.93. The summed E-state index contributed by atoms with van der Waals surface area (Å²) < 4.78 is 1.84. The van der Waals surface area contributed by atoms with Gasteiger partial charge in [0.1, 0.15) is 6.33 Å². The molecule has 1 fully saturated rings. The minimum absolute atomic E-state index is 0.285. The zero-order chi connectivity index (χ0) is 13.4. The standard InChI is InChI=1S/C14H14N6/c1-2-6-16-11(4-1)12-5-3-7-19(12)14-9-15-8-13-17-10-18-20(13)14/h1-2,4,6,8-10,12H,3,5,7H2. The van der Waals surface area contributed by atoms with Crippen molar-refractivity contribution in [2.75, 3.05) is 11.4 Å². The van der Waals surface area contributed by atoms with Crippen LogP contribution >= 0.6 is 0 Å². The van der Waals surface area contributed by atoms with Gasteiger partial charge in [0.25, 0.3) is 0 Å². The molecule has 6 nitrogen and oxygen atoms in total. The highest BCUT2D eigenvalue weighted by atomic mass is 15.4. The number of nitrogens with zero attached hydrogens (tertiary/aromatic N) is 6. The Kier molecular flexibility index (Phi) is 2.58. The van der Waals surface area contributed by atoms with Crippen molar-refractivity contribution in [2.45, 2.75) is 18.9 Å². The highest BCUT2D eigenvalue weighted by Gasteiger charge is 2.29. The van der Waals surface area contributed by atoms with E-state index in [9.17, 15) is 0 Å². The SMILES string of the molecule is c1ccc(C2CCCN2c2cncc3ncnn23)nc1. The molecule has 100 valence electrons. The fraction of sp³-hybridized carbons (Fsp3) is 0.286. The van der Waals surface area contributed by atoms with Crippen LogP contribution in [0.3, 0.4) is 0 Å². The van der Waals surface area contributed by atoms with Crippen molar-refractivity contribution >= 4 is 11.5 Å². The van der Waals surface area contributed by atoms with Crippen LogP contribution in [0.1, 0.15) is 24.6 Å². The van der Waals surface area contributed by atoms with Crippen molar-refractivity contribution in [1.82, 2.24) is 24.6 Å². The smallest absolute Gasteiger partial charge is 0.175 e. The number of rotatable bonds is 2. The topological polar surface area (TPSA) is 59.2 Å². The molecule has 0 spiro atoms. The van der Waals surface area contributed by atoms with Gasteiger partial charge in [0, 0.05) is 12.7 Å². The summed E-state index contributed by atoms with van der Waals surface area (Å²) in [5, 5.41) is 4.29. The average Bonchev–Trinajstić information content (AvgIpc) is 3.16. The highest BCUT2D eigenvalue weighted by Crippen LogP contribution is 2.34. The Morgan fingerprint density at radius 2 is 2.15 bits per heavy atom. The molecule has 6 heteroatoms. The summed E-state index contributed by atoms with van der Waals surface area (Å²) in [7, 11) is 0. The minimum Gasteiger partial charge on any atom is -0.347 e. The monoisotopic (exact) mass is 266 g/mol. The van der Waals surface area contributed by atoms with Crippen molar-refractivity contribution < 1.29 is 0 Å². The molecule has 1 atom stereocenters.